The van der Waals surface area contributed by atoms with Gasteiger partial charge in [0.2, 0.25) is 0 Å². The van der Waals surface area contributed by atoms with Gasteiger partial charge in [0, 0.05) is 19.5 Å². The van der Waals surface area contributed by atoms with Crippen LogP contribution in [0.1, 0.15) is 39.0 Å². The van der Waals surface area contributed by atoms with Gasteiger partial charge in [-0.15, -0.1) is 0 Å². The third-order valence-corrected chi connectivity index (χ3v) is 3.02. The van der Waals surface area contributed by atoms with Gasteiger partial charge in [-0.05, 0) is 37.5 Å². The number of carboxylic acids is 1. The van der Waals surface area contributed by atoms with Crippen molar-refractivity contribution < 1.29 is 14.7 Å². The zero-order valence-corrected chi connectivity index (χ0v) is 10.4. The van der Waals surface area contributed by atoms with Gasteiger partial charge in [-0.25, -0.2) is 4.79 Å². The van der Waals surface area contributed by atoms with Crippen molar-refractivity contribution in [3.8, 4) is 0 Å². The summed E-state index contributed by atoms with van der Waals surface area (Å²) in [4.78, 5) is 21.7. The van der Waals surface area contributed by atoms with Gasteiger partial charge in [0.05, 0.1) is 0 Å². The van der Waals surface area contributed by atoms with Crippen LogP contribution in [0.25, 0.3) is 0 Å². The zero-order chi connectivity index (χ0) is 12.7. The second-order valence-corrected chi connectivity index (χ2v) is 4.91. The molecular formula is C12H22N2O3. The normalized spacial score (nSPS) is 16.3. The lowest BCUT2D eigenvalue weighted by Crippen LogP contribution is -2.37. The van der Waals surface area contributed by atoms with E-state index < -0.39 is 5.97 Å². The number of carboxylic acid groups (broad SMARTS) is 1. The van der Waals surface area contributed by atoms with Crippen molar-refractivity contribution in [1.29, 1.82) is 0 Å². The molecule has 0 aromatic carbocycles. The molecule has 1 aliphatic rings. The summed E-state index contributed by atoms with van der Waals surface area (Å²) >= 11 is 0. The average Bonchev–Trinajstić information content (AvgIpc) is 3.07. The van der Waals surface area contributed by atoms with E-state index in [1.165, 1.54) is 12.8 Å². The summed E-state index contributed by atoms with van der Waals surface area (Å²) in [6.07, 6.45) is 4.15. The Morgan fingerprint density at radius 3 is 2.59 bits per heavy atom. The minimum absolute atomic E-state index is 0.109. The number of hydrogen-bond acceptors (Lipinski definition) is 2. The zero-order valence-electron chi connectivity index (χ0n) is 10.4. The maximum atomic E-state index is 11.3. The molecule has 98 valence electrons. The highest BCUT2D eigenvalue weighted by Crippen LogP contribution is 2.27. The van der Waals surface area contributed by atoms with Crippen LogP contribution in [0.4, 0.5) is 4.79 Å². The first-order valence-electron chi connectivity index (χ1n) is 6.31. The molecule has 1 saturated carbocycles. The van der Waals surface area contributed by atoms with Gasteiger partial charge in [0.25, 0.3) is 0 Å². The molecule has 0 bridgehead atoms. The third-order valence-electron chi connectivity index (χ3n) is 3.02. The Bertz CT molecular complexity index is 264. The second kappa shape index (κ2) is 7.14. The monoisotopic (exact) mass is 242 g/mol. The molecule has 17 heavy (non-hydrogen) atoms. The van der Waals surface area contributed by atoms with Crippen LogP contribution in [0, 0.1) is 11.8 Å². The Hall–Kier alpha value is -1.26. The lowest BCUT2D eigenvalue weighted by atomic mass is 10.0. The SMILES string of the molecule is CC(CCNC(=O)NCC1CC1)CCC(=O)O. The Morgan fingerprint density at radius 2 is 2.00 bits per heavy atom. The van der Waals surface area contributed by atoms with E-state index in [1.807, 2.05) is 6.92 Å². The number of carbonyl (C=O) groups excluding carboxylic acids is 1. The first-order chi connectivity index (χ1) is 8.08. The maximum absolute atomic E-state index is 11.3. The van der Waals surface area contributed by atoms with Crippen LogP contribution >= 0.6 is 0 Å². The molecule has 0 aromatic rings. The topological polar surface area (TPSA) is 78.4 Å². The van der Waals surface area contributed by atoms with E-state index in [9.17, 15) is 9.59 Å². The molecule has 0 heterocycles. The van der Waals surface area contributed by atoms with Gasteiger partial charge in [-0.2, -0.15) is 0 Å². The Labute approximate surface area is 102 Å². The molecule has 0 aromatic heterocycles. The number of nitrogens with one attached hydrogen (secondary N) is 2. The summed E-state index contributed by atoms with van der Waals surface area (Å²) in [5.41, 5.74) is 0. The highest BCUT2D eigenvalue weighted by atomic mass is 16.4. The predicted molar refractivity (Wildman–Crippen MR) is 64.8 cm³/mol. The molecule has 2 amide bonds. The molecule has 3 N–H and O–H groups in total. The average molecular weight is 242 g/mol. The molecule has 5 nitrogen and oxygen atoms in total. The molecule has 5 heteroatoms. The van der Waals surface area contributed by atoms with Crippen molar-refractivity contribution in [2.45, 2.75) is 39.0 Å². The van der Waals surface area contributed by atoms with Gasteiger partial charge in [0.1, 0.15) is 0 Å². The number of rotatable bonds is 8. The number of hydrogen-bond donors (Lipinski definition) is 3. The summed E-state index contributed by atoms with van der Waals surface area (Å²) in [7, 11) is 0. The van der Waals surface area contributed by atoms with E-state index in [4.69, 9.17) is 5.11 Å². The number of carbonyl (C=O) groups is 2. The minimum Gasteiger partial charge on any atom is -0.481 e. The van der Waals surface area contributed by atoms with Crippen LogP contribution in [0.15, 0.2) is 0 Å². The molecular weight excluding hydrogens is 220 g/mol. The van der Waals surface area contributed by atoms with Gasteiger partial charge in [-0.1, -0.05) is 6.92 Å². The first kappa shape index (κ1) is 13.8. The van der Waals surface area contributed by atoms with Gasteiger partial charge >= 0.3 is 12.0 Å². The van der Waals surface area contributed by atoms with Crippen molar-refractivity contribution >= 4 is 12.0 Å². The van der Waals surface area contributed by atoms with E-state index in [0.717, 1.165) is 13.0 Å². The van der Waals surface area contributed by atoms with Gasteiger partial charge in [0.15, 0.2) is 0 Å². The summed E-state index contributed by atoms with van der Waals surface area (Å²) in [6.45, 7) is 3.39. The van der Waals surface area contributed by atoms with Crippen molar-refractivity contribution in [2.75, 3.05) is 13.1 Å². The Balaban J connectivity index is 1.93. The molecule has 1 unspecified atom stereocenters. The van der Waals surface area contributed by atoms with Crippen LogP contribution in [0.2, 0.25) is 0 Å². The number of urea groups is 1. The molecule has 0 aliphatic heterocycles. The molecule has 0 spiro atoms. The third kappa shape index (κ3) is 7.60. The lowest BCUT2D eigenvalue weighted by molar-refractivity contribution is -0.137. The molecule has 1 rings (SSSR count). The lowest BCUT2D eigenvalue weighted by Gasteiger charge is -2.11. The van der Waals surface area contributed by atoms with Crippen molar-refractivity contribution in [3.63, 3.8) is 0 Å². The van der Waals surface area contributed by atoms with E-state index in [0.29, 0.717) is 24.8 Å². The van der Waals surface area contributed by atoms with Gasteiger partial charge < -0.3 is 15.7 Å². The molecule has 0 saturated heterocycles. The first-order valence-corrected chi connectivity index (χ1v) is 6.31. The fourth-order valence-electron chi connectivity index (χ4n) is 1.57. The van der Waals surface area contributed by atoms with Crippen LogP contribution in [0.3, 0.4) is 0 Å². The minimum atomic E-state index is -0.757. The van der Waals surface area contributed by atoms with Crippen molar-refractivity contribution in [1.82, 2.24) is 10.6 Å². The quantitative estimate of drug-likeness (QED) is 0.604. The summed E-state index contributed by atoms with van der Waals surface area (Å²) in [5, 5.41) is 14.1. The molecule has 1 atom stereocenters. The smallest absolute Gasteiger partial charge is 0.314 e. The molecule has 1 aliphatic carbocycles. The highest BCUT2D eigenvalue weighted by Gasteiger charge is 2.21. The number of aliphatic carboxylic acids is 1. The van der Waals surface area contributed by atoms with E-state index in [-0.39, 0.29) is 12.5 Å². The summed E-state index contributed by atoms with van der Waals surface area (Å²) < 4.78 is 0. The second-order valence-electron chi connectivity index (χ2n) is 4.91. The van der Waals surface area contributed by atoms with Gasteiger partial charge in [-0.3, -0.25) is 4.79 Å². The maximum Gasteiger partial charge on any atom is 0.314 e. The fourth-order valence-corrected chi connectivity index (χ4v) is 1.57. The standard InChI is InChI=1S/C12H22N2O3/c1-9(2-5-11(15)16)6-7-13-12(17)14-8-10-3-4-10/h9-10H,2-8H2,1H3,(H,15,16)(H2,13,14,17). The highest BCUT2D eigenvalue weighted by molar-refractivity contribution is 5.73. The van der Waals surface area contributed by atoms with Crippen LogP contribution in [-0.2, 0) is 4.79 Å². The summed E-state index contributed by atoms with van der Waals surface area (Å²) in [5.74, 6) is 0.261. The largest absolute Gasteiger partial charge is 0.481 e. The Kier molecular flexibility index (Phi) is 5.80. The Morgan fingerprint density at radius 1 is 1.29 bits per heavy atom. The van der Waals surface area contributed by atoms with Crippen LogP contribution in [-0.4, -0.2) is 30.2 Å². The predicted octanol–water partition coefficient (Wildman–Crippen LogP) is 1.59. The molecule has 0 radical (unpaired) electrons. The van der Waals surface area contributed by atoms with E-state index in [2.05, 4.69) is 10.6 Å². The number of amides is 2. The van der Waals surface area contributed by atoms with Crippen molar-refractivity contribution in [2.24, 2.45) is 11.8 Å². The van der Waals surface area contributed by atoms with Crippen LogP contribution < -0.4 is 10.6 Å². The van der Waals surface area contributed by atoms with Crippen molar-refractivity contribution in [3.05, 3.63) is 0 Å². The van der Waals surface area contributed by atoms with E-state index in [1.54, 1.807) is 0 Å². The van der Waals surface area contributed by atoms with Crippen LogP contribution in [0.5, 0.6) is 0 Å². The summed E-state index contributed by atoms with van der Waals surface area (Å²) in [6, 6.07) is -0.109. The van der Waals surface area contributed by atoms with E-state index >= 15 is 0 Å². The molecule has 1 fully saturated rings. The fraction of sp³-hybridized carbons (Fsp3) is 0.833.